The molecule has 2 aromatic rings. The van der Waals surface area contributed by atoms with Crippen molar-refractivity contribution in [1.29, 1.82) is 0 Å². The lowest BCUT2D eigenvalue weighted by Gasteiger charge is -2.13. The SMILES string of the molecule is Cc1nc(C2CCCC2)sc1C(=O)NC(CO)c1ccco1. The third kappa shape index (κ3) is 3.08. The Morgan fingerprint density at radius 3 is 2.95 bits per heavy atom. The number of furan rings is 1. The molecule has 0 saturated heterocycles. The second-order valence-corrected chi connectivity index (χ2v) is 6.70. The average Bonchev–Trinajstić information content (AvgIpc) is 3.24. The Hall–Kier alpha value is -1.66. The summed E-state index contributed by atoms with van der Waals surface area (Å²) in [5, 5.41) is 13.3. The molecule has 1 amide bonds. The van der Waals surface area contributed by atoms with Crippen LogP contribution in [0.1, 0.15) is 63.8 Å². The van der Waals surface area contributed by atoms with Crippen LogP contribution in [0.2, 0.25) is 0 Å². The van der Waals surface area contributed by atoms with Crippen molar-refractivity contribution >= 4 is 17.2 Å². The van der Waals surface area contributed by atoms with Gasteiger partial charge >= 0.3 is 0 Å². The molecule has 6 heteroatoms. The fraction of sp³-hybridized carbons (Fsp3) is 0.500. The molecule has 22 heavy (non-hydrogen) atoms. The third-order valence-electron chi connectivity index (χ3n) is 4.10. The molecule has 0 aromatic carbocycles. The van der Waals surface area contributed by atoms with Gasteiger partial charge in [0.15, 0.2) is 0 Å². The number of aliphatic hydroxyl groups is 1. The predicted molar refractivity (Wildman–Crippen MR) is 84.1 cm³/mol. The number of hydrogen-bond donors (Lipinski definition) is 2. The number of hydrogen-bond acceptors (Lipinski definition) is 5. The molecule has 2 N–H and O–H groups in total. The summed E-state index contributed by atoms with van der Waals surface area (Å²) >= 11 is 1.48. The molecule has 1 fully saturated rings. The molecule has 0 aliphatic heterocycles. The summed E-state index contributed by atoms with van der Waals surface area (Å²) in [7, 11) is 0. The monoisotopic (exact) mass is 320 g/mol. The van der Waals surface area contributed by atoms with E-state index < -0.39 is 6.04 Å². The smallest absolute Gasteiger partial charge is 0.263 e. The molecule has 2 heterocycles. The quantitative estimate of drug-likeness (QED) is 0.887. The predicted octanol–water partition coefficient (Wildman–Crippen LogP) is 3.17. The van der Waals surface area contributed by atoms with Crippen LogP contribution in [-0.2, 0) is 0 Å². The third-order valence-corrected chi connectivity index (χ3v) is 5.42. The molecule has 1 saturated carbocycles. The van der Waals surface area contributed by atoms with Gasteiger partial charge in [-0.3, -0.25) is 4.79 Å². The second-order valence-electron chi connectivity index (χ2n) is 5.67. The van der Waals surface area contributed by atoms with E-state index in [4.69, 9.17) is 4.42 Å². The molecular weight excluding hydrogens is 300 g/mol. The highest BCUT2D eigenvalue weighted by molar-refractivity contribution is 7.13. The van der Waals surface area contributed by atoms with Crippen LogP contribution in [-0.4, -0.2) is 22.6 Å². The highest BCUT2D eigenvalue weighted by atomic mass is 32.1. The van der Waals surface area contributed by atoms with Gasteiger partial charge in [0.2, 0.25) is 0 Å². The van der Waals surface area contributed by atoms with E-state index in [1.165, 1.54) is 43.3 Å². The first kappa shape index (κ1) is 15.2. The standard InChI is InChI=1S/C16H20N2O3S/c1-10-14(22-16(17-10)11-5-2-3-6-11)15(20)18-12(9-19)13-7-4-8-21-13/h4,7-8,11-12,19H,2-3,5-6,9H2,1H3,(H,18,20). The number of aliphatic hydroxyl groups excluding tert-OH is 1. The number of amides is 1. The Labute approximate surface area is 133 Å². The topological polar surface area (TPSA) is 75.4 Å². The van der Waals surface area contributed by atoms with E-state index in [0.29, 0.717) is 16.6 Å². The molecule has 118 valence electrons. The lowest BCUT2D eigenvalue weighted by molar-refractivity contribution is 0.0910. The molecule has 1 aliphatic rings. The van der Waals surface area contributed by atoms with E-state index in [2.05, 4.69) is 10.3 Å². The largest absolute Gasteiger partial charge is 0.467 e. The first-order valence-electron chi connectivity index (χ1n) is 7.61. The van der Waals surface area contributed by atoms with Gasteiger partial charge in [0.05, 0.1) is 23.6 Å². The molecule has 0 spiro atoms. The van der Waals surface area contributed by atoms with Crippen molar-refractivity contribution in [2.45, 2.75) is 44.6 Å². The highest BCUT2D eigenvalue weighted by Gasteiger charge is 2.25. The van der Waals surface area contributed by atoms with Gasteiger partial charge in [-0.1, -0.05) is 12.8 Å². The van der Waals surface area contributed by atoms with Crippen molar-refractivity contribution < 1.29 is 14.3 Å². The minimum absolute atomic E-state index is 0.199. The van der Waals surface area contributed by atoms with Gasteiger partial charge in [-0.25, -0.2) is 4.98 Å². The molecule has 1 aliphatic carbocycles. The Bertz CT molecular complexity index is 630. The van der Waals surface area contributed by atoms with Crippen LogP contribution in [0.4, 0.5) is 0 Å². The van der Waals surface area contributed by atoms with E-state index in [-0.39, 0.29) is 12.5 Å². The molecular formula is C16H20N2O3S. The number of carbonyl (C=O) groups is 1. The summed E-state index contributed by atoms with van der Waals surface area (Å²) in [5.41, 5.74) is 0.764. The van der Waals surface area contributed by atoms with E-state index >= 15 is 0 Å². The maximum atomic E-state index is 12.5. The van der Waals surface area contributed by atoms with Crippen molar-refractivity contribution in [2.75, 3.05) is 6.61 Å². The van der Waals surface area contributed by atoms with Crippen molar-refractivity contribution in [3.05, 3.63) is 39.7 Å². The number of aryl methyl sites for hydroxylation is 1. The lowest BCUT2D eigenvalue weighted by Crippen LogP contribution is -2.30. The van der Waals surface area contributed by atoms with Crippen LogP contribution < -0.4 is 5.32 Å². The van der Waals surface area contributed by atoms with Crippen LogP contribution in [0.5, 0.6) is 0 Å². The molecule has 0 bridgehead atoms. The molecule has 0 radical (unpaired) electrons. The number of aromatic nitrogens is 1. The Morgan fingerprint density at radius 2 is 2.32 bits per heavy atom. The number of thiazole rings is 1. The van der Waals surface area contributed by atoms with Crippen LogP contribution in [0, 0.1) is 6.92 Å². The van der Waals surface area contributed by atoms with Crippen LogP contribution in [0.25, 0.3) is 0 Å². The zero-order valence-corrected chi connectivity index (χ0v) is 13.4. The van der Waals surface area contributed by atoms with Gasteiger partial charge in [0.1, 0.15) is 16.7 Å². The minimum atomic E-state index is -0.529. The van der Waals surface area contributed by atoms with Gasteiger partial charge < -0.3 is 14.8 Å². The van der Waals surface area contributed by atoms with Gasteiger partial charge in [-0.15, -0.1) is 11.3 Å². The fourth-order valence-corrected chi connectivity index (χ4v) is 4.03. The maximum absolute atomic E-state index is 12.5. The summed E-state index contributed by atoms with van der Waals surface area (Å²) < 4.78 is 5.25. The van der Waals surface area contributed by atoms with E-state index in [9.17, 15) is 9.90 Å². The molecule has 3 rings (SSSR count). The van der Waals surface area contributed by atoms with Crippen LogP contribution in [0.3, 0.4) is 0 Å². The zero-order valence-electron chi connectivity index (χ0n) is 12.5. The lowest BCUT2D eigenvalue weighted by atomic mass is 10.1. The average molecular weight is 320 g/mol. The number of nitrogens with one attached hydrogen (secondary N) is 1. The van der Waals surface area contributed by atoms with Gasteiger partial charge in [0.25, 0.3) is 5.91 Å². The van der Waals surface area contributed by atoms with E-state index in [1.54, 1.807) is 12.1 Å². The molecule has 2 aromatic heterocycles. The van der Waals surface area contributed by atoms with Crippen molar-refractivity contribution in [2.24, 2.45) is 0 Å². The summed E-state index contributed by atoms with van der Waals surface area (Å²) in [5.74, 6) is 0.854. The summed E-state index contributed by atoms with van der Waals surface area (Å²) in [6.07, 6.45) is 6.35. The van der Waals surface area contributed by atoms with Crippen molar-refractivity contribution in [1.82, 2.24) is 10.3 Å². The Balaban J connectivity index is 1.74. The van der Waals surface area contributed by atoms with E-state index in [0.717, 1.165) is 10.7 Å². The Morgan fingerprint density at radius 1 is 1.55 bits per heavy atom. The number of carbonyl (C=O) groups excluding carboxylic acids is 1. The normalized spacial score (nSPS) is 16.8. The number of rotatable bonds is 5. The van der Waals surface area contributed by atoms with Gasteiger partial charge in [-0.2, -0.15) is 0 Å². The second kappa shape index (κ2) is 6.62. The summed E-state index contributed by atoms with van der Waals surface area (Å²) in [4.78, 5) is 17.7. The Kier molecular flexibility index (Phi) is 4.59. The minimum Gasteiger partial charge on any atom is -0.467 e. The molecule has 1 unspecified atom stereocenters. The first-order chi connectivity index (χ1) is 10.7. The number of nitrogens with zero attached hydrogens (tertiary/aromatic N) is 1. The molecule has 1 atom stereocenters. The summed E-state index contributed by atoms with van der Waals surface area (Å²) in [6, 6.07) is 2.95. The van der Waals surface area contributed by atoms with Crippen LogP contribution >= 0.6 is 11.3 Å². The fourth-order valence-electron chi connectivity index (χ4n) is 2.90. The zero-order chi connectivity index (χ0) is 15.5. The first-order valence-corrected chi connectivity index (χ1v) is 8.43. The van der Waals surface area contributed by atoms with Crippen molar-refractivity contribution in [3.63, 3.8) is 0 Å². The van der Waals surface area contributed by atoms with Crippen molar-refractivity contribution in [3.8, 4) is 0 Å². The summed E-state index contributed by atoms with van der Waals surface area (Å²) in [6.45, 7) is 1.66. The highest BCUT2D eigenvalue weighted by Crippen LogP contribution is 2.37. The maximum Gasteiger partial charge on any atom is 0.263 e. The van der Waals surface area contributed by atoms with E-state index in [1.807, 2.05) is 6.92 Å². The van der Waals surface area contributed by atoms with Crippen LogP contribution in [0.15, 0.2) is 22.8 Å². The van der Waals surface area contributed by atoms with Gasteiger partial charge in [0, 0.05) is 5.92 Å². The molecule has 5 nitrogen and oxygen atoms in total. The van der Waals surface area contributed by atoms with Gasteiger partial charge in [-0.05, 0) is 31.9 Å².